The van der Waals surface area contributed by atoms with Crippen LogP contribution >= 0.6 is 11.3 Å². The van der Waals surface area contributed by atoms with Crippen LogP contribution in [0.5, 0.6) is 5.75 Å². The van der Waals surface area contributed by atoms with Crippen LogP contribution in [0.3, 0.4) is 0 Å². The monoisotopic (exact) mass is 392 g/mol. The fraction of sp³-hybridized carbons (Fsp3) is 0.273. The fourth-order valence-electron chi connectivity index (χ4n) is 3.51. The number of ether oxygens (including phenoxy) is 1. The molecule has 1 atom stereocenters. The van der Waals surface area contributed by atoms with Crippen LogP contribution in [-0.2, 0) is 0 Å². The van der Waals surface area contributed by atoms with Gasteiger partial charge in [-0.05, 0) is 62.8 Å². The lowest BCUT2D eigenvalue weighted by Gasteiger charge is -2.25. The lowest BCUT2D eigenvalue weighted by Crippen LogP contribution is -2.24. The zero-order chi connectivity index (χ0) is 19.7. The first-order chi connectivity index (χ1) is 13.6. The van der Waals surface area contributed by atoms with Crippen molar-refractivity contribution in [3.05, 3.63) is 54.2 Å². The SMILES string of the molecule is COc1ccc2nc(-c3cc4ccccc4s3)nc(C(CCN)N(C)C)c2c1. The molecule has 0 saturated carbocycles. The average molecular weight is 393 g/mol. The summed E-state index contributed by atoms with van der Waals surface area (Å²) in [5.41, 5.74) is 7.82. The van der Waals surface area contributed by atoms with Crippen LogP contribution in [0.25, 0.3) is 31.7 Å². The summed E-state index contributed by atoms with van der Waals surface area (Å²) < 4.78 is 6.68. The van der Waals surface area contributed by atoms with E-state index in [4.69, 9.17) is 20.4 Å². The maximum atomic E-state index is 5.91. The van der Waals surface area contributed by atoms with Crippen molar-refractivity contribution in [2.24, 2.45) is 5.73 Å². The molecule has 0 spiro atoms. The van der Waals surface area contributed by atoms with E-state index in [-0.39, 0.29) is 6.04 Å². The molecule has 28 heavy (non-hydrogen) atoms. The maximum absolute atomic E-state index is 5.91. The molecular formula is C22H24N4OS. The second-order valence-electron chi connectivity index (χ2n) is 7.02. The van der Waals surface area contributed by atoms with E-state index >= 15 is 0 Å². The molecule has 4 aromatic rings. The second kappa shape index (κ2) is 7.83. The highest BCUT2D eigenvalue weighted by Gasteiger charge is 2.21. The van der Waals surface area contributed by atoms with Crippen LogP contribution in [0.2, 0.25) is 0 Å². The summed E-state index contributed by atoms with van der Waals surface area (Å²) in [5.74, 6) is 1.56. The first-order valence-electron chi connectivity index (χ1n) is 9.32. The van der Waals surface area contributed by atoms with Gasteiger partial charge in [-0.15, -0.1) is 11.3 Å². The van der Waals surface area contributed by atoms with Gasteiger partial charge in [0, 0.05) is 10.1 Å². The Bertz CT molecular complexity index is 1090. The van der Waals surface area contributed by atoms with E-state index < -0.39 is 0 Å². The van der Waals surface area contributed by atoms with Crippen LogP contribution < -0.4 is 10.5 Å². The Hall–Kier alpha value is -2.54. The van der Waals surface area contributed by atoms with Crippen LogP contribution in [0, 0.1) is 0 Å². The summed E-state index contributed by atoms with van der Waals surface area (Å²) in [7, 11) is 5.80. The Morgan fingerprint density at radius 2 is 1.93 bits per heavy atom. The maximum Gasteiger partial charge on any atom is 0.170 e. The number of aromatic nitrogens is 2. The van der Waals surface area contributed by atoms with Crippen LogP contribution in [0.4, 0.5) is 0 Å². The number of methoxy groups -OCH3 is 1. The van der Waals surface area contributed by atoms with E-state index in [2.05, 4.69) is 49.3 Å². The minimum atomic E-state index is 0.107. The van der Waals surface area contributed by atoms with E-state index in [1.165, 1.54) is 10.1 Å². The van der Waals surface area contributed by atoms with E-state index in [0.29, 0.717) is 6.54 Å². The summed E-state index contributed by atoms with van der Waals surface area (Å²) >= 11 is 1.72. The van der Waals surface area contributed by atoms with E-state index in [9.17, 15) is 0 Å². The lowest BCUT2D eigenvalue weighted by molar-refractivity contribution is 0.283. The average Bonchev–Trinajstić information content (AvgIpc) is 3.15. The van der Waals surface area contributed by atoms with Gasteiger partial charge in [0.25, 0.3) is 0 Å². The quantitative estimate of drug-likeness (QED) is 0.524. The van der Waals surface area contributed by atoms with Gasteiger partial charge in [-0.25, -0.2) is 9.97 Å². The molecule has 0 aliphatic rings. The number of nitrogens with two attached hydrogens (primary N) is 1. The first kappa shape index (κ1) is 18.8. The summed E-state index contributed by atoms with van der Waals surface area (Å²) in [6.45, 7) is 0.594. The van der Waals surface area contributed by atoms with Gasteiger partial charge in [-0.1, -0.05) is 18.2 Å². The fourth-order valence-corrected chi connectivity index (χ4v) is 4.51. The van der Waals surface area contributed by atoms with Gasteiger partial charge in [-0.2, -0.15) is 0 Å². The minimum Gasteiger partial charge on any atom is -0.497 e. The number of hydrogen-bond acceptors (Lipinski definition) is 6. The number of thiophene rings is 1. The van der Waals surface area contributed by atoms with Gasteiger partial charge in [-0.3, -0.25) is 0 Å². The standard InChI is InChI=1S/C22H24N4OS/c1-26(2)18(10-11-23)21-16-13-15(27-3)8-9-17(16)24-22(25-21)20-12-14-6-4-5-7-19(14)28-20/h4-9,12-13,18H,10-11,23H2,1-3H3. The number of rotatable bonds is 6. The van der Waals surface area contributed by atoms with E-state index in [1.54, 1.807) is 18.4 Å². The molecule has 0 aliphatic heterocycles. The van der Waals surface area contributed by atoms with Crippen molar-refractivity contribution >= 4 is 32.3 Å². The molecule has 0 fully saturated rings. The summed E-state index contributed by atoms with van der Waals surface area (Å²) in [6, 6.07) is 16.6. The molecule has 0 saturated heterocycles. The van der Waals surface area contributed by atoms with Crippen molar-refractivity contribution in [1.29, 1.82) is 0 Å². The van der Waals surface area contributed by atoms with Crippen LogP contribution in [0.1, 0.15) is 18.2 Å². The van der Waals surface area contributed by atoms with Gasteiger partial charge in [0.2, 0.25) is 0 Å². The molecule has 0 aliphatic carbocycles. The molecular weight excluding hydrogens is 368 g/mol. The summed E-state index contributed by atoms with van der Waals surface area (Å²) in [5, 5.41) is 2.23. The minimum absolute atomic E-state index is 0.107. The highest BCUT2D eigenvalue weighted by molar-refractivity contribution is 7.22. The molecule has 2 heterocycles. The van der Waals surface area contributed by atoms with E-state index in [0.717, 1.165) is 39.5 Å². The highest BCUT2D eigenvalue weighted by atomic mass is 32.1. The number of benzene rings is 2. The molecule has 0 radical (unpaired) electrons. The van der Waals surface area contributed by atoms with Gasteiger partial charge in [0.1, 0.15) is 5.75 Å². The lowest BCUT2D eigenvalue weighted by atomic mass is 10.0. The zero-order valence-electron chi connectivity index (χ0n) is 16.3. The van der Waals surface area contributed by atoms with Gasteiger partial charge < -0.3 is 15.4 Å². The van der Waals surface area contributed by atoms with E-state index in [1.807, 2.05) is 18.2 Å². The molecule has 1 unspecified atom stereocenters. The van der Waals surface area contributed by atoms with Crippen molar-refractivity contribution in [2.75, 3.05) is 27.7 Å². The number of fused-ring (bicyclic) bond motifs is 2. The Labute approximate surface area is 168 Å². The Kier molecular flexibility index (Phi) is 5.26. The summed E-state index contributed by atoms with van der Waals surface area (Å²) in [6.07, 6.45) is 0.822. The third-order valence-electron chi connectivity index (χ3n) is 4.96. The molecule has 5 nitrogen and oxygen atoms in total. The van der Waals surface area contributed by atoms with Gasteiger partial charge in [0.15, 0.2) is 5.82 Å². The zero-order valence-corrected chi connectivity index (χ0v) is 17.2. The molecule has 144 valence electrons. The largest absolute Gasteiger partial charge is 0.497 e. The Balaban J connectivity index is 1.95. The predicted octanol–water partition coefficient (Wildman–Crippen LogP) is 4.47. The van der Waals surface area contributed by atoms with Gasteiger partial charge in [0.05, 0.1) is 29.2 Å². The molecule has 6 heteroatoms. The van der Waals surface area contributed by atoms with Crippen LogP contribution in [0.15, 0.2) is 48.5 Å². The van der Waals surface area contributed by atoms with Crippen molar-refractivity contribution < 1.29 is 4.74 Å². The third kappa shape index (κ3) is 3.46. The summed E-state index contributed by atoms with van der Waals surface area (Å²) in [4.78, 5) is 13.1. The Morgan fingerprint density at radius 3 is 2.64 bits per heavy atom. The molecule has 2 aromatic heterocycles. The normalized spacial score (nSPS) is 12.8. The molecule has 4 rings (SSSR count). The topological polar surface area (TPSA) is 64.3 Å². The predicted molar refractivity (Wildman–Crippen MR) is 117 cm³/mol. The van der Waals surface area contributed by atoms with Crippen molar-refractivity contribution in [2.45, 2.75) is 12.5 Å². The molecule has 0 bridgehead atoms. The van der Waals surface area contributed by atoms with Gasteiger partial charge >= 0.3 is 0 Å². The smallest absolute Gasteiger partial charge is 0.170 e. The molecule has 2 N–H and O–H groups in total. The van der Waals surface area contributed by atoms with Crippen LogP contribution in [-0.4, -0.2) is 42.6 Å². The van der Waals surface area contributed by atoms with Crippen molar-refractivity contribution in [3.8, 4) is 16.5 Å². The van der Waals surface area contributed by atoms with Crippen molar-refractivity contribution in [1.82, 2.24) is 14.9 Å². The molecule has 0 amide bonds. The van der Waals surface area contributed by atoms with Crippen molar-refractivity contribution in [3.63, 3.8) is 0 Å². The highest BCUT2D eigenvalue weighted by Crippen LogP contribution is 2.35. The molecule has 2 aromatic carbocycles. The number of nitrogens with zero attached hydrogens (tertiary/aromatic N) is 3. The first-order valence-corrected chi connectivity index (χ1v) is 10.1. The Morgan fingerprint density at radius 1 is 1.11 bits per heavy atom. The second-order valence-corrected chi connectivity index (χ2v) is 8.10. The third-order valence-corrected chi connectivity index (χ3v) is 6.07. The number of hydrogen-bond donors (Lipinski definition) is 1.